The van der Waals surface area contributed by atoms with Gasteiger partial charge in [0.05, 0.1) is 0 Å². The molecule has 0 aromatic carbocycles. The fourth-order valence-electron chi connectivity index (χ4n) is 0.516. The molecule has 0 saturated carbocycles. The van der Waals surface area contributed by atoms with Crippen LogP contribution in [0.1, 0.15) is 13.8 Å². The first-order valence-corrected chi connectivity index (χ1v) is 3.98. The number of hydrogen-bond donors (Lipinski definition) is 0. The molecule has 0 bridgehead atoms. The van der Waals surface area contributed by atoms with E-state index >= 15 is 0 Å². The maximum atomic E-state index is 11.7. The van der Waals surface area contributed by atoms with Crippen LogP contribution in [-0.4, -0.2) is 41.8 Å². The number of halogens is 3. The van der Waals surface area contributed by atoms with Crippen molar-refractivity contribution in [2.45, 2.75) is 13.8 Å². The van der Waals surface area contributed by atoms with E-state index in [9.17, 15) is 11.7 Å². The molecule has 0 aliphatic rings. The standard InChI is InChI=1S/C4H10F3NS.Sb/c1-3-8(4-2)9(5,6)7;/h3-4H2,1-2H3;. The van der Waals surface area contributed by atoms with E-state index in [-0.39, 0.29) is 37.5 Å². The minimum absolute atomic E-state index is 0. The molecule has 0 aliphatic heterocycles. The van der Waals surface area contributed by atoms with E-state index in [2.05, 4.69) is 0 Å². The first-order chi connectivity index (χ1) is 4.02. The molecule has 0 saturated heterocycles. The molecule has 0 rings (SSSR count). The maximum Gasteiger partial charge on any atom is 0.278 e. The van der Waals surface area contributed by atoms with E-state index < -0.39 is 11.4 Å². The Bertz CT molecular complexity index is 83.1. The molecule has 0 atom stereocenters. The molecule has 3 radical (unpaired) electrons. The van der Waals surface area contributed by atoms with Gasteiger partial charge in [-0.25, -0.2) is 0 Å². The Morgan fingerprint density at radius 1 is 1.10 bits per heavy atom. The molecule has 63 valence electrons. The predicted octanol–water partition coefficient (Wildman–Crippen LogP) is 2.32. The summed E-state index contributed by atoms with van der Waals surface area (Å²) in [5.74, 6) is 0. The van der Waals surface area contributed by atoms with Gasteiger partial charge >= 0.3 is 0 Å². The Morgan fingerprint density at radius 2 is 1.40 bits per heavy atom. The van der Waals surface area contributed by atoms with Gasteiger partial charge in [0.25, 0.3) is 11.4 Å². The third kappa shape index (κ3) is 4.69. The van der Waals surface area contributed by atoms with Gasteiger partial charge in [-0.1, -0.05) is 13.8 Å². The summed E-state index contributed by atoms with van der Waals surface area (Å²) in [6, 6.07) is 0. The summed E-state index contributed by atoms with van der Waals surface area (Å²) in [6.07, 6.45) is 0. The monoisotopic (exact) mass is 282 g/mol. The molecule has 1 nitrogen and oxygen atoms in total. The van der Waals surface area contributed by atoms with Gasteiger partial charge in [0.1, 0.15) is 0 Å². The van der Waals surface area contributed by atoms with Crippen molar-refractivity contribution < 1.29 is 11.7 Å². The Kier molecular flexibility index (Phi) is 7.50. The molecule has 6 heteroatoms. The number of rotatable bonds is 3. The van der Waals surface area contributed by atoms with Crippen LogP contribution in [0.3, 0.4) is 0 Å². The average Bonchev–Trinajstić information content (AvgIpc) is 1.65. The quantitative estimate of drug-likeness (QED) is 0.718. The van der Waals surface area contributed by atoms with Crippen molar-refractivity contribution in [1.29, 1.82) is 0 Å². The topological polar surface area (TPSA) is 3.24 Å². The third-order valence-electron chi connectivity index (χ3n) is 0.998. The van der Waals surface area contributed by atoms with Crippen molar-refractivity contribution in [2.24, 2.45) is 0 Å². The summed E-state index contributed by atoms with van der Waals surface area (Å²) in [5.41, 5.74) is 0. The fourth-order valence-corrected chi connectivity index (χ4v) is 1.10. The summed E-state index contributed by atoms with van der Waals surface area (Å²) < 4.78 is 35.7. The van der Waals surface area contributed by atoms with Crippen LogP contribution in [-0.2, 0) is 0 Å². The second-order valence-electron chi connectivity index (χ2n) is 1.50. The van der Waals surface area contributed by atoms with Crippen molar-refractivity contribution in [2.75, 3.05) is 13.1 Å². The van der Waals surface area contributed by atoms with Gasteiger partial charge in [0.15, 0.2) is 0 Å². The zero-order valence-electron chi connectivity index (χ0n) is 5.85. The van der Waals surface area contributed by atoms with Gasteiger partial charge in [-0.15, -0.1) is 11.7 Å². The van der Waals surface area contributed by atoms with Crippen LogP contribution < -0.4 is 0 Å². The van der Waals surface area contributed by atoms with Crippen molar-refractivity contribution in [1.82, 2.24) is 4.31 Å². The predicted molar refractivity (Wildman–Crippen MR) is 39.6 cm³/mol. The molecule has 0 heterocycles. The summed E-state index contributed by atoms with van der Waals surface area (Å²) >= 11 is -4.93. The SMILES string of the molecule is CCN(CC)S(F)(F)F.[Sb]. The van der Waals surface area contributed by atoms with Crippen molar-refractivity contribution >= 4 is 35.8 Å². The van der Waals surface area contributed by atoms with Gasteiger partial charge in [0.2, 0.25) is 0 Å². The first-order valence-electron chi connectivity index (χ1n) is 2.69. The van der Waals surface area contributed by atoms with Gasteiger partial charge in [0, 0.05) is 37.5 Å². The molecule has 0 amide bonds. The second-order valence-corrected chi connectivity index (χ2v) is 2.78. The Morgan fingerprint density at radius 3 is 1.40 bits per heavy atom. The smallest absolute Gasteiger partial charge is 0.193 e. The molecule has 0 aromatic heterocycles. The van der Waals surface area contributed by atoms with Crippen LogP contribution in [0.25, 0.3) is 0 Å². The van der Waals surface area contributed by atoms with Crippen LogP contribution in [0.5, 0.6) is 0 Å². The largest absolute Gasteiger partial charge is 0.278 e. The summed E-state index contributed by atoms with van der Waals surface area (Å²) in [4.78, 5) is 0. The molecule has 0 unspecified atom stereocenters. The number of nitrogens with zero attached hydrogens (tertiary/aromatic N) is 1. The summed E-state index contributed by atoms with van der Waals surface area (Å²) in [6.45, 7) is 3.14. The second kappa shape index (κ2) is 5.55. The van der Waals surface area contributed by atoms with E-state index in [4.69, 9.17) is 0 Å². The van der Waals surface area contributed by atoms with Crippen LogP contribution in [0.15, 0.2) is 0 Å². The zero-order valence-corrected chi connectivity index (χ0v) is 9.22. The zero-order chi connectivity index (χ0) is 7.49. The molecule has 10 heavy (non-hydrogen) atoms. The van der Waals surface area contributed by atoms with E-state index in [0.717, 1.165) is 0 Å². The Balaban J connectivity index is 0. The van der Waals surface area contributed by atoms with E-state index in [1.807, 2.05) is 0 Å². The van der Waals surface area contributed by atoms with Crippen molar-refractivity contribution in [3.63, 3.8) is 0 Å². The Hall–Kier alpha value is 0.918. The van der Waals surface area contributed by atoms with Crippen LogP contribution in [0.2, 0.25) is 0 Å². The minimum Gasteiger partial charge on any atom is -0.193 e. The first kappa shape index (κ1) is 13.5. The normalized spacial score (nSPS) is 13.0. The van der Waals surface area contributed by atoms with Gasteiger partial charge in [-0.05, 0) is 0 Å². The van der Waals surface area contributed by atoms with Gasteiger partial charge < -0.3 is 0 Å². The van der Waals surface area contributed by atoms with E-state index in [1.165, 1.54) is 13.8 Å². The molecule has 0 fully saturated rings. The van der Waals surface area contributed by atoms with Crippen LogP contribution in [0, 0.1) is 0 Å². The van der Waals surface area contributed by atoms with E-state index in [0.29, 0.717) is 4.31 Å². The van der Waals surface area contributed by atoms with Crippen molar-refractivity contribution in [3.05, 3.63) is 0 Å². The van der Waals surface area contributed by atoms with E-state index in [1.54, 1.807) is 0 Å². The van der Waals surface area contributed by atoms with Gasteiger partial charge in [-0.2, -0.15) is 4.31 Å². The number of hydrogen-bond acceptors (Lipinski definition) is 1. The van der Waals surface area contributed by atoms with Crippen molar-refractivity contribution in [3.8, 4) is 0 Å². The average molecular weight is 283 g/mol. The van der Waals surface area contributed by atoms with Gasteiger partial charge in [-0.3, -0.25) is 0 Å². The molecule has 0 spiro atoms. The molecular weight excluding hydrogens is 273 g/mol. The molecule has 0 aromatic rings. The fraction of sp³-hybridized carbons (Fsp3) is 1.00. The molecular formula is C4H10F3NSSb. The maximum absolute atomic E-state index is 11.7. The third-order valence-corrected chi connectivity index (χ3v) is 2.10. The molecule has 0 N–H and O–H groups in total. The van der Waals surface area contributed by atoms with Crippen LogP contribution in [0.4, 0.5) is 11.7 Å². The molecule has 0 aliphatic carbocycles. The van der Waals surface area contributed by atoms with Crippen LogP contribution >= 0.6 is 11.4 Å². The summed E-state index contributed by atoms with van der Waals surface area (Å²) in [7, 11) is 0. The Labute approximate surface area is 78.7 Å². The minimum atomic E-state index is -4.93. The summed E-state index contributed by atoms with van der Waals surface area (Å²) in [5, 5.41) is 0.